The molecule has 0 aromatic heterocycles. The third-order valence-electron chi connectivity index (χ3n) is 4.12. The highest BCUT2D eigenvalue weighted by molar-refractivity contribution is 7.89. The van der Waals surface area contributed by atoms with Gasteiger partial charge in [-0.15, -0.1) is 0 Å². The van der Waals surface area contributed by atoms with E-state index in [1.54, 1.807) is 25.1 Å². The predicted octanol–water partition coefficient (Wildman–Crippen LogP) is 2.65. The Hall–Kier alpha value is -2.52. The second kappa shape index (κ2) is 9.11. The number of carbonyl (C=O) groups excluding carboxylic acids is 1. The molecule has 2 rings (SSSR count). The fraction of sp³-hybridized carbons (Fsp3) is 0.316. The van der Waals surface area contributed by atoms with E-state index in [0.717, 1.165) is 16.4 Å². The molecule has 2 aromatic rings. The van der Waals surface area contributed by atoms with Gasteiger partial charge in [-0.1, -0.05) is 24.3 Å². The van der Waals surface area contributed by atoms with Crippen molar-refractivity contribution in [1.82, 2.24) is 14.9 Å². The first kappa shape index (κ1) is 21.8. The van der Waals surface area contributed by atoms with Crippen molar-refractivity contribution in [2.24, 2.45) is 0 Å². The number of urea groups is 1. The highest BCUT2D eigenvalue weighted by atomic mass is 32.2. The average Bonchev–Trinajstić information content (AvgIpc) is 2.63. The number of nitrogens with zero attached hydrogens (tertiary/aromatic N) is 1. The number of carbonyl (C=O) groups is 1. The lowest BCUT2D eigenvalue weighted by Crippen LogP contribution is -2.41. The van der Waals surface area contributed by atoms with Gasteiger partial charge in [0.2, 0.25) is 10.0 Å². The van der Waals surface area contributed by atoms with Crippen molar-refractivity contribution < 1.29 is 22.0 Å². The van der Waals surface area contributed by atoms with Crippen LogP contribution in [-0.4, -0.2) is 38.9 Å². The number of nitrogens with one attached hydrogen (secondary N) is 2. The van der Waals surface area contributed by atoms with Gasteiger partial charge in [0.15, 0.2) is 0 Å². The molecule has 0 saturated carbocycles. The van der Waals surface area contributed by atoms with Crippen molar-refractivity contribution in [2.75, 3.05) is 14.1 Å². The maximum Gasteiger partial charge on any atom is 0.315 e. The molecule has 2 amide bonds. The van der Waals surface area contributed by atoms with E-state index in [1.165, 1.54) is 26.2 Å². The predicted molar refractivity (Wildman–Crippen MR) is 102 cm³/mol. The fourth-order valence-corrected chi connectivity index (χ4v) is 3.75. The largest absolute Gasteiger partial charge is 0.335 e. The van der Waals surface area contributed by atoms with Crippen LogP contribution in [0.3, 0.4) is 0 Å². The smallest absolute Gasteiger partial charge is 0.315 e. The first-order valence-corrected chi connectivity index (χ1v) is 10.0. The Morgan fingerprint density at radius 1 is 1.07 bits per heavy atom. The Balaban J connectivity index is 2.00. The number of amides is 2. The van der Waals surface area contributed by atoms with E-state index in [-0.39, 0.29) is 23.4 Å². The van der Waals surface area contributed by atoms with E-state index >= 15 is 0 Å². The van der Waals surface area contributed by atoms with Crippen LogP contribution in [0.2, 0.25) is 0 Å². The van der Waals surface area contributed by atoms with Gasteiger partial charge >= 0.3 is 6.03 Å². The summed E-state index contributed by atoms with van der Waals surface area (Å²) in [6.07, 6.45) is -0.0163. The minimum atomic E-state index is -3.65. The molecule has 9 heteroatoms. The summed E-state index contributed by atoms with van der Waals surface area (Å²) in [4.78, 5) is 12.2. The summed E-state index contributed by atoms with van der Waals surface area (Å²) in [7, 11) is -0.798. The molecule has 2 aromatic carbocycles. The molecule has 1 atom stereocenters. The van der Waals surface area contributed by atoms with E-state index < -0.39 is 33.7 Å². The molecule has 0 fully saturated rings. The normalized spacial score (nSPS) is 12.6. The monoisotopic (exact) mass is 411 g/mol. The molecule has 2 N–H and O–H groups in total. The molecule has 28 heavy (non-hydrogen) atoms. The van der Waals surface area contributed by atoms with Crippen LogP contribution in [0.5, 0.6) is 0 Å². The lowest BCUT2D eigenvalue weighted by atomic mass is 10.1. The molecule has 0 heterocycles. The van der Waals surface area contributed by atoms with Gasteiger partial charge in [0.05, 0.1) is 4.90 Å². The Kier molecular flexibility index (Phi) is 7.09. The molecule has 0 saturated heterocycles. The van der Waals surface area contributed by atoms with Gasteiger partial charge in [0.1, 0.15) is 11.6 Å². The van der Waals surface area contributed by atoms with Gasteiger partial charge in [-0.05, 0) is 37.1 Å². The Morgan fingerprint density at radius 3 is 2.29 bits per heavy atom. The van der Waals surface area contributed by atoms with Crippen molar-refractivity contribution >= 4 is 16.1 Å². The van der Waals surface area contributed by atoms with Crippen LogP contribution < -0.4 is 10.6 Å². The molecular weight excluding hydrogens is 388 g/mol. The number of hydrogen-bond donors (Lipinski definition) is 2. The molecule has 0 aliphatic heterocycles. The van der Waals surface area contributed by atoms with Crippen molar-refractivity contribution in [1.29, 1.82) is 0 Å². The zero-order valence-electron chi connectivity index (χ0n) is 15.9. The molecule has 152 valence electrons. The summed E-state index contributed by atoms with van der Waals surface area (Å²) in [6, 6.07) is 8.84. The standard InChI is InChI=1S/C19H23F2N3O3S/c1-13(11-15-16(20)8-6-9-17(15)21)23-19(25)22-12-14-7-4-5-10-18(14)28(26,27)24(2)3/h4-10,13H,11-12H2,1-3H3,(H2,22,23,25). The van der Waals surface area contributed by atoms with E-state index in [1.807, 2.05) is 0 Å². The van der Waals surface area contributed by atoms with Crippen LogP contribution in [0.1, 0.15) is 18.1 Å². The van der Waals surface area contributed by atoms with Crippen LogP contribution in [0.4, 0.5) is 13.6 Å². The van der Waals surface area contributed by atoms with Crippen LogP contribution in [0.15, 0.2) is 47.4 Å². The Bertz CT molecular complexity index is 929. The van der Waals surface area contributed by atoms with E-state index in [0.29, 0.717) is 5.56 Å². The van der Waals surface area contributed by atoms with Crippen LogP contribution in [0, 0.1) is 11.6 Å². The van der Waals surface area contributed by atoms with Crippen molar-refractivity contribution in [3.8, 4) is 0 Å². The molecule has 6 nitrogen and oxygen atoms in total. The van der Waals surface area contributed by atoms with Crippen molar-refractivity contribution in [2.45, 2.75) is 30.8 Å². The first-order valence-electron chi connectivity index (χ1n) is 8.60. The van der Waals surface area contributed by atoms with Gasteiger partial charge < -0.3 is 10.6 Å². The number of hydrogen-bond acceptors (Lipinski definition) is 3. The quantitative estimate of drug-likeness (QED) is 0.735. The minimum Gasteiger partial charge on any atom is -0.335 e. The zero-order valence-corrected chi connectivity index (χ0v) is 16.7. The number of rotatable bonds is 7. The summed E-state index contributed by atoms with van der Waals surface area (Å²) in [5.41, 5.74) is 0.330. The van der Waals surface area contributed by atoms with E-state index in [9.17, 15) is 22.0 Å². The van der Waals surface area contributed by atoms with Crippen LogP contribution in [0.25, 0.3) is 0 Å². The third-order valence-corrected chi connectivity index (χ3v) is 6.04. The second-order valence-electron chi connectivity index (χ2n) is 6.53. The van der Waals surface area contributed by atoms with Gasteiger partial charge in [-0.2, -0.15) is 0 Å². The van der Waals surface area contributed by atoms with Gasteiger partial charge in [-0.3, -0.25) is 0 Å². The summed E-state index contributed by atoms with van der Waals surface area (Å²) in [5.74, 6) is -1.34. The highest BCUT2D eigenvalue weighted by Gasteiger charge is 2.21. The van der Waals surface area contributed by atoms with E-state index in [2.05, 4.69) is 10.6 Å². The number of halogens is 2. The van der Waals surface area contributed by atoms with Crippen molar-refractivity contribution in [3.63, 3.8) is 0 Å². The van der Waals surface area contributed by atoms with Gasteiger partial charge in [0, 0.05) is 32.2 Å². The molecule has 0 aliphatic carbocycles. The number of sulfonamides is 1. The molecule has 0 bridgehead atoms. The van der Waals surface area contributed by atoms with Crippen molar-refractivity contribution in [3.05, 3.63) is 65.2 Å². The number of benzene rings is 2. The summed E-state index contributed by atoms with van der Waals surface area (Å²) >= 11 is 0. The maximum atomic E-state index is 13.7. The second-order valence-corrected chi connectivity index (χ2v) is 8.65. The SMILES string of the molecule is CC(Cc1c(F)cccc1F)NC(=O)NCc1ccccc1S(=O)(=O)N(C)C. The maximum absolute atomic E-state index is 13.7. The molecule has 1 unspecified atom stereocenters. The molecular formula is C19H23F2N3O3S. The molecule has 0 spiro atoms. The Labute approximate surface area is 163 Å². The fourth-order valence-electron chi connectivity index (χ4n) is 2.63. The molecule has 0 radical (unpaired) electrons. The summed E-state index contributed by atoms with van der Waals surface area (Å²) in [6.45, 7) is 1.60. The summed E-state index contributed by atoms with van der Waals surface area (Å²) < 4.78 is 53.3. The first-order chi connectivity index (χ1) is 13.1. The van der Waals surface area contributed by atoms with Gasteiger partial charge in [0.25, 0.3) is 0 Å². The minimum absolute atomic E-state index is 0.0163. The summed E-state index contributed by atoms with van der Waals surface area (Å²) in [5, 5.41) is 5.17. The lowest BCUT2D eigenvalue weighted by molar-refractivity contribution is 0.237. The topological polar surface area (TPSA) is 78.5 Å². The molecule has 0 aliphatic rings. The van der Waals surface area contributed by atoms with E-state index in [4.69, 9.17) is 0 Å². The lowest BCUT2D eigenvalue weighted by Gasteiger charge is -2.17. The zero-order chi connectivity index (χ0) is 20.9. The highest BCUT2D eigenvalue weighted by Crippen LogP contribution is 2.18. The third kappa shape index (κ3) is 5.26. The Morgan fingerprint density at radius 2 is 1.68 bits per heavy atom. The van der Waals surface area contributed by atoms with Crippen LogP contribution >= 0.6 is 0 Å². The van der Waals surface area contributed by atoms with Crippen LogP contribution in [-0.2, 0) is 23.0 Å². The van der Waals surface area contributed by atoms with Gasteiger partial charge in [-0.25, -0.2) is 26.3 Å². The average molecular weight is 411 g/mol.